The third-order valence-electron chi connectivity index (χ3n) is 6.31. The van der Waals surface area contributed by atoms with Crippen LogP contribution in [0.5, 0.6) is 0 Å². The van der Waals surface area contributed by atoms with Gasteiger partial charge in [0, 0.05) is 31.1 Å². The second-order valence-electron chi connectivity index (χ2n) is 8.04. The molecule has 0 aliphatic carbocycles. The van der Waals surface area contributed by atoms with E-state index in [4.69, 9.17) is 4.74 Å². The van der Waals surface area contributed by atoms with Gasteiger partial charge in [-0.3, -0.25) is 14.4 Å². The van der Waals surface area contributed by atoms with Crippen molar-refractivity contribution in [1.29, 1.82) is 0 Å². The summed E-state index contributed by atoms with van der Waals surface area (Å²) < 4.78 is 6.19. The number of aliphatic hydroxyl groups is 1. The summed E-state index contributed by atoms with van der Waals surface area (Å²) >= 11 is 3.51. The fourth-order valence-electron chi connectivity index (χ4n) is 5.14. The van der Waals surface area contributed by atoms with E-state index in [0.29, 0.717) is 25.9 Å². The minimum absolute atomic E-state index is 0.124. The zero-order valence-electron chi connectivity index (χ0n) is 16.6. The molecule has 6 atom stereocenters. The molecule has 1 spiro atoms. The Labute approximate surface area is 179 Å². The number of aliphatic hydroxyl groups excluding tert-OH is 1. The van der Waals surface area contributed by atoms with E-state index in [-0.39, 0.29) is 29.8 Å². The summed E-state index contributed by atoms with van der Waals surface area (Å²) in [5.74, 6) is -3.55. The Hall–Kier alpha value is -1.45. The average Bonchev–Trinajstić information content (AvgIpc) is 3.26. The van der Waals surface area contributed by atoms with Gasteiger partial charge in [0.1, 0.15) is 11.6 Å². The van der Waals surface area contributed by atoms with Crippen LogP contribution in [-0.2, 0) is 19.1 Å². The number of rotatable bonds is 10. The van der Waals surface area contributed by atoms with Crippen LogP contribution >= 0.6 is 15.9 Å². The van der Waals surface area contributed by atoms with Crippen molar-refractivity contribution in [3.05, 3.63) is 12.7 Å². The number of alkyl halides is 1. The molecule has 2 amide bonds. The van der Waals surface area contributed by atoms with Crippen molar-refractivity contribution in [1.82, 2.24) is 9.80 Å². The number of likely N-dealkylation sites (tertiary alicyclic amines) is 1. The van der Waals surface area contributed by atoms with Crippen molar-refractivity contribution >= 4 is 33.7 Å². The number of carbonyl (C=O) groups excluding carboxylic acids is 2. The highest BCUT2D eigenvalue weighted by atomic mass is 79.9. The van der Waals surface area contributed by atoms with Gasteiger partial charge in [-0.25, -0.2) is 0 Å². The zero-order valence-corrected chi connectivity index (χ0v) is 18.2. The Balaban J connectivity index is 2.01. The smallest absolute Gasteiger partial charge is 0.310 e. The maximum absolute atomic E-state index is 13.6. The summed E-state index contributed by atoms with van der Waals surface area (Å²) in [6.45, 7) is 6.72. The summed E-state index contributed by atoms with van der Waals surface area (Å²) in [5.41, 5.74) is -1.16. The normalized spacial score (nSPS) is 35.1. The maximum atomic E-state index is 13.6. The monoisotopic (exact) mass is 472 g/mol. The van der Waals surface area contributed by atoms with Crippen molar-refractivity contribution in [2.75, 3.05) is 26.2 Å². The number of carboxylic acid groups (broad SMARTS) is 1. The minimum atomic E-state index is -1.16. The lowest BCUT2D eigenvalue weighted by Crippen LogP contribution is -2.57. The lowest BCUT2D eigenvalue weighted by Gasteiger charge is -2.37. The predicted molar refractivity (Wildman–Crippen MR) is 108 cm³/mol. The van der Waals surface area contributed by atoms with Gasteiger partial charge in [-0.15, -0.1) is 6.58 Å². The molecule has 3 aliphatic rings. The standard InChI is InChI=1S/C20H29BrN2O6/c1-3-5-8-22(7-4-2)18(26)16-20-11-12(21)15(29-20)13(19(27)28)14(20)17(25)23(16)9-6-10-24/h4,12-16,24H,2-3,5-11H2,1H3,(H,27,28)/t12?,13-,14+,15-,16-,20+/m1/s1. The molecular weight excluding hydrogens is 444 g/mol. The number of fused-ring (bicyclic) bond motifs is 1. The van der Waals surface area contributed by atoms with E-state index in [0.717, 1.165) is 12.8 Å². The van der Waals surface area contributed by atoms with Crippen LogP contribution in [0.1, 0.15) is 32.6 Å². The lowest BCUT2D eigenvalue weighted by molar-refractivity contribution is -0.150. The molecule has 0 aromatic rings. The number of carbonyl (C=O) groups is 3. The van der Waals surface area contributed by atoms with Crippen molar-refractivity contribution in [2.45, 2.75) is 55.2 Å². The van der Waals surface area contributed by atoms with Gasteiger partial charge >= 0.3 is 5.97 Å². The molecular formula is C20H29BrN2O6. The quantitative estimate of drug-likeness (QED) is 0.363. The number of halogens is 1. The lowest BCUT2D eigenvalue weighted by atomic mass is 9.70. The molecule has 8 nitrogen and oxygen atoms in total. The molecule has 3 aliphatic heterocycles. The van der Waals surface area contributed by atoms with Gasteiger partial charge < -0.3 is 24.7 Å². The molecule has 3 fully saturated rings. The molecule has 2 N–H and O–H groups in total. The zero-order chi connectivity index (χ0) is 21.3. The molecule has 9 heteroatoms. The van der Waals surface area contributed by atoms with E-state index in [1.165, 1.54) is 4.90 Å². The Morgan fingerprint density at radius 3 is 2.76 bits per heavy atom. The van der Waals surface area contributed by atoms with Crippen molar-refractivity contribution < 1.29 is 29.3 Å². The second kappa shape index (κ2) is 8.73. The first-order valence-electron chi connectivity index (χ1n) is 10.2. The number of hydrogen-bond acceptors (Lipinski definition) is 5. The van der Waals surface area contributed by atoms with Gasteiger partial charge in [0.25, 0.3) is 0 Å². The minimum Gasteiger partial charge on any atom is -0.481 e. The molecule has 3 heterocycles. The Morgan fingerprint density at radius 1 is 1.45 bits per heavy atom. The summed E-state index contributed by atoms with van der Waals surface area (Å²) in [6, 6.07) is -0.891. The number of amides is 2. The number of nitrogens with zero attached hydrogens (tertiary/aromatic N) is 2. The fourth-order valence-corrected chi connectivity index (χ4v) is 6.08. The van der Waals surface area contributed by atoms with Gasteiger partial charge in [0.2, 0.25) is 11.8 Å². The van der Waals surface area contributed by atoms with Crippen molar-refractivity contribution in [2.24, 2.45) is 11.8 Å². The molecule has 2 bridgehead atoms. The first kappa shape index (κ1) is 22.2. The van der Waals surface area contributed by atoms with Crippen LogP contribution in [0.3, 0.4) is 0 Å². The van der Waals surface area contributed by atoms with Gasteiger partial charge in [-0.1, -0.05) is 35.4 Å². The Kier molecular flexibility index (Phi) is 6.70. The van der Waals surface area contributed by atoms with Crippen LogP contribution < -0.4 is 0 Å². The summed E-state index contributed by atoms with van der Waals surface area (Å²) in [6.07, 6.45) is 3.45. The largest absolute Gasteiger partial charge is 0.481 e. The third kappa shape index (κ3) is 3.51. The number of ether oxygens (including phenoxy) is 1. The van der Waals surface area contributed by atoms with Crippen LogP contribution in [0, 0.1) is 11.8 Å². The summed E-state index contributed by atoms with van der Waals surface area (Å²) in [4.78, 5) is 41.8. The van der Waals surface area contributed by atoms with E-state index in [1.54, 1.807) is 11.0 Å². The van der Waals surface area contributed by atoms with E-state index < -0.39 is 35.6 Å². The third-order valence-corrected chi connectivity index (χ3v) is 7.15. The first-order valence-corrected chi connectivity index (χ1v) is 11.1. The van der Waals surface area contributed by atoms with Crippen LogP contribution in [0.4, 0.5) is 0 Å². The van der Waals surface area contributed by atoms with Crippen LogP contribution in [0.15, 0.2) is 12.7 Å². The molecule has 0 saturated carbocycles. The summed E-state index contributed by atoms with van der Waals surface area (Å²) in [5, 5.41) is 19.1. The SMILES string of the molecule is C=CCN(CCCC)C(=O)[C@H]1N(CCCO)C(=O)[C@@H]2[C@@H](C(=O)O)[C@@H]3O[C@@]21CC3Br. The van der Waals surface area contributed by atoms with E-state index in [1.807, 2.05) is 6.92 Å². The maximum Gasteiger partial charge on any atom is 0.310 e. The number of unbranched alkanes of at least 4 members (excludes halogenated alkanes) is 1. The van der Waals surface area contributed by atoms with Crippen LogP contribution in [-0.4, -0.2) is 86.6 Å². The molecule has 0 aromatic heterocycles. The highest BCUT2D eigenvalue weighted by Crippen LogP contribution is 2.60. The van der Waals surface area contributed by atoms with Gasteiger partial charge in [0.05, 0.1) is 17.9 Å². The molecule has 0 aromatic carbocycles. The van der Waals surface area contributed by atoms with E-state index >= 15 is 0 Å². The first-order chi connectivity index (χ1) is 13.8. The second-order valence-corrected chi connectivity index (χ2v) is 9.21. The molecule has 1 unspecified atom stereocenters. The molecule has 3 rings (SSSR count). The van der Waals surface area contributed by atoms with E-state index in [2.05, 4.69) is 22.5 Å². The van der Waals surface area contributed by atoms with Crippen LogP contribution in [0.25, 0.3) is 0 Å². The highest BCUT2D eigenvalue weighted by Gasteiger charge is 2.76. The predicted octanol–water partition coefficient (Wildman–Crippen LogP) is 1.02. The summed E-state index contributed by atoms with van der Waals surface area (Å²) in [7, 11) is 0. The Bertz CT molecular complexity index is 688. The fraction of sp³-hybridized carbons (Fsp3) is 0.750. The van der Waals surface area contributed by atoms with Gasteiger partial charge in [-0.05, 0) is 19.3 Å². The van der Waals surface area contributed by atoms with Crippen molar-refractivity contribution in [3.8, 4) is 0 Å². The van der Waals surface area contributed by atoms with Crippen LogP contribution in [0.2, 0.25) is 0 Å². The van der Waals surface area contributed by atoms with Gasteiger partial charge in [-0.2, -0.15) is 0 Å². The Morgan fingerprint density at radius 2 is 2.17 bits per heavy atom. The topological polar surface area (TPSA) is 107 Å². The molecule has 162 valence electrons. The molecule has 3 saturated heterocycles. The van der Waals surface area contributed by atoms with Gasteiger partial charge in [0.15, 0.2) is 0 Å². The van der Waals surface area contributed by atoms with E-state index in [9.17, 15) is 24.6 Å². The highest BCUT2D eigenvalue weighted by molar-refractivity contribution is 9.09. The molecule has 29 heavy (non-hydrogen) atoms. The number of aliphatic carboxylic acids is 1. The molecule has 0 radical (unpaired) electrons. The number of hydrogen-bond donors (Lipinski definition) is 2. The average molecular weight is 473 g/mol. The number of carboxylic acids is 1. The van der Waals surface area contributed by atoms with Crippen molar-refractivity contribution in [3.63, 3.8) is 0 Å².